The number of pyridine rings is 4. The minimum atomic E-state index is -0.0221. The van der Waals surface area contributed by atoms with Crippen LogP contribution in [0, 0.1) is 0 Å². The third-order valence-electron chi connectivity index (χ3n) is 9.13. The summed E-state index contributed by atoms with van der Waals surface area (Å²) >= 11 is 0. The number of hydrogen-bond acceptors (Lipinski definition) is 10. The van der Waals surface area contributed by atoms with Crippen LogP contribution >= 0.6 is 0 Å². The number of carbonyl (C=O) groups is 1. The Morgan fingerprint density at radius 2 is 1.23 bits per heavy atom. The van der Waals surface area contributed by atoms with E-state index in [-0.39, 0.29) is 5.78 Å². The van der Waals surface area contributed by atoms with Gasteiger partial charge in [-0.3, -0.25) is 14.8 Å². The zero-order valence-corrected chi connectivity index (χ0v) is 26.8. The van der Waals surface area contributed by atoms with Crippen molar-refractivity contribution in [3.63, 3.8) is 0 Å². The molecule has 10 heteroatoms. The van der Waals surface area contributed by atoms with Crippen LogP contribution in [0.15, 0.2) is 90.6 Å². The zero-order chi connectivity index (χ0) is 32.6. The number of para-hydroxylation sites is 2. The zero-order valence-electron chi connectivity index (χ0n) is 26.8. The van der Waals surface area contributed by atoms with Crippen molar-refractivity contribution in [3.8, 4) is 22.3 Å². The number of fused-ring (bicyclic) bond motifs is 10. The lowest BCUT2D eigenvalue weighted by Crippen LogP contribution is -2.24. The molecule has 0 atom stereocenters. The molecular weight excluding hydrogens is 600 g/mol. The van der Waals surface area contributed by atoms with Crippen molar-refractivity contribution < 1.29 is 9.63 Å². The molecule has 0 saturated heterocycles. The summed E-state index contributed by atoms with van der Waals surface area (Å²) in [6.45, 7) is 3.26. The highest BCUT2D eigenvalue weighted by Crippen LogP contribution is 2.45. The predicted octanol–water partition coefficient (Wildman–Crippen LogP) is 6.40. The molecule has 0 unspecified atom stereocenters. The van der Waals surface area contributed by atoms with Crippen LogP contribution in [-0.4, -0.2) is 76.7 Å². The largest absolute Gasteiger partial charge is 0.399 e. The molecule has 0 aliphatic heterocycles. The van der Waals surface area contributed by atoms with Crippen molar-refractivity contribution in [2.24, 2.45) is 5.16 Å². The molecule has 2 aliphatic carbocycles. The highest BCUT2D eigenvalue weighted by molar-refractivity contribution is 6.30. The number of aromatic nitrogens is 4. The molecule has 0 saturated carbocycles. The lowest BCUT2D eigenvalue weighted by Gasteiger charge is -2.18. The maximum Gasteiger partial charge on any atom is 0.199 e. The van der Waals surface area contributed by atoms with Crippen molar-refractivity contribution in [1.29, 1.82) is 0 Å². The average Bonchev–Trinajstić information content (AvgIpc) is 3.61. The minimum Gasteiger partial charge on any atom is -0.399 e. The van der Waals surface area contributed by atoms with Crippen LogP contribution < -0.4 is 10.6 Å². The molecule has 0 fully saturated rings. The summed E-state index contributed by atoms with van der Waals surface area (Å²) in [5.74, 6) is 1.41. The minimum absolute atomic E-state index is 0.0221. The van der Waals surface area contributed by atoms with Gasteiger partial charge in [0, 0.05) is 70.9 Å². The quantitative estimate of drug-likeness (QED) is 0.123. The number of anilines is 2. The van der Waals surface area contributed by atoms with Gasteiger partial charge in [0.05, 0.1) is 22.2 Å². The first-order valence-electron chi connectivity index (χ1n) is 16.2. The SMILES string of the molecule is CON=C1c2cnccc2-c2c1c(NCCCN(C)CCCNc1nc3ccccc3c3c1C(=O)c1cnccc1-3)nc1ccccc21. The van der Waals surface area contributed by atoms with Gasteiger partial charge in [0.2, 0.25) is 0 Å². The van der Waals surface area contributed by atoms with Crippen molar-refractivity contribution in [2.45, 2.75) is 12.8 Å². The summed E-state index contributed by atoms with van der Waals surface area (Å²) in [7, 11) is 3.70. The lowest BCUT2D eigenvalue weighted by atomic mass is 10.0. The Balaban J connectivity index is 0.910. The summed E-state index contributed by atoms with van der Waals surface area (Å²) in [6, 6.07) is 20.1. The number of carbonyl (C=O) groups excluding carboxylic acids is 1. The highest BCUT2D eigenvalue weighted by Gasteiger charge is 2.33. The molecule has 2 aliphatic rings. The first-order chi connectivity index (χ1) is 23.6. The molecular formula is C38H34N8O2. The molecule has 6 aromatic rings. The fourth-order valence-electron chi connectivity index (χ4n) is 6.96. The normalized spacial score (nSPS) is 13.6. The van der Waals surface area contributed by atoms with Crippen LogP contribution in [0.3, 0.4) is 0 Å². The second kappa shape index (κ2) is 12.5. The van der Waals surface area contributed by atoms with E-state index in [1.165, 1.54) is 0 Å². The van der Waals surface area contributed by atoms with Gasteiger partial charge in [0.25, 0.3) is 0 Å². The van der Waals surface area contributed by atoms with Gasteiger partial charge in [-0.05, 0) is 68.4 Å². The van der Waals surface area contributed by atoms with Gasteiger partial charge in [-0.2, -0.15) is 0 Å². The molecule has 0 amide bonds. The number of nitrogens with one attached hydrogen (secondary N) is 2. The van der Waals surface area contributed by atoms with E-state index in [2.05, 4.69) is 43.8 Å². The van der Waals surface area contributed by atoms with E-state index < -0.39 is 0 Å². The molecule has 0 spiro atoms. The van der Waals surface area contributed by atoms with E-state index >= 15 is 0 Å². The maximum absolute atomic E-state index is 13.4. The predicted molar refractivity (Wildman–Crippen MR) is 190 cm³/mol. The fraction of sp³-hybridized carbons (Fsp3) is 0.211. The molecule has 10 nitrogen and oxygen atoms in total. The molecule has 8 rings (SSSR count). The molecule has 0 bridgehead atoms. The van der Waals surface area contributed by atoms with Gasteiger partial charge in [-0.1, -0.05) is 41.6 Å². The standard InChI is InChI=1S/C38H34N8O2/c1-46(20-8-16-42-38-34-32(26-10-4-6-12-30(26)44-38)24-14-18-40-22-28(24)36(34)47)19-7-15-41-37-33-31(25-9-3-5-11-29(25)43-37)23-13-17-39-21-27(23)35(33)45-48-2/h3-6,9-14,17-18,21-22H,7-8,15-16,19-20H2,1-2H3,(H,41,43)(H,42,44). The second-order valence-corrected chi connectivity index (χ2v) is 12.1. The number of hydrogen-bond donors (Lipinski definition) is 2. The van der Waals surface area contributed by atoms with Gasteiger partial charge in [0.1, 0.15) is 24.5 Å². The van der Waals surface area contributed by atoms with E-state index in [1.54, 1.807) is 19.5 Å². The molecule has 0 radical (unpaired) electrons. The van der Waals surface area contributed by atoms with Crippen LogP contribution in [0.1, 0.15) is 39.9 Å². The summed E-state index contributed by atoms with van der Waals surface area (Å²) in [5, 5.41) is 13.5. The van der Waals surface area contributed by atoms with E-state index in [4.69, 9.17) is 14.8 Å². The molecule has 2 aromatic carbocycles. The molecule has 4 heterocycles. The van der Waals surface area contributed by atoms with E-state index in [0.29, 0.717) is 23.5 Å². The molecule has 4 aromatic heterocycles. The number of rotatable bonds is 11. The molecule has 238 valence electrons. The topological polar surface area (TPSA) is 118 Å². The Hall–Kier alpha value is -5.74. The van der Waals surface area contributed by atoms with Crippen molar-refractivity contribution in [1.82, 2.24) is 24.8 Å². The van der Waals surface area contributed by atoms with Gasteiger partial charge in [-0.25, -0.2) is 9.97 Å². The summed E-state index contributed by atoms with van der Waals surface area (Å²) in [4.78, 5) is 39.4. The number of oxime groups is 1. The average molecular weight is 635 g/mol. The van der Waals surface area contributed by atoms with Gasteiger partial charge < -0.3 is 20.4 Å². The fourth-order valence-corrected chi connectivity index (χ4v) is 6.96. The first-order valence-corrected chi connectivity index (χ1v) is 16.2. The Morgan fingerprint density at radius 1 is 0.688 bits per heavy atom. The van der Waals surface area contributed by atoms with E-state index in [9.17, 15) is 4.79 Å². The van der Waals surface area contributed by atoms with Crippen molar-refractivity contribution in [2.75, 3.05) is 51.0 Å². The highest BCUT2D eigenvalue weighted by atomic mass is 16.6. The number of benzene rings is 2. The van der Waals surface area contributed by atoms with Crippen LogP contribution in [0.2, 0.25) is 0 Å². The van der Waals surface area contributed by atoms with Crippen LogP contribution in [0.25, 0.3) is 44.1 Å². The monoisotopic (exact) mass is 634 g/mol. The Labute approximate surface area is 277 Å². The third-order valence-corrected chi connectivity index (χ3v) is 9.13. The Morgan fingerprint density at radius 3 is 1.85 bits per heavy atom. The summed E-state index contributed by atoms with van der Waals surface area (Å²) in [5.41, 5.74) is 9.77. The van der Waals surface area contributed by atoms with Crippen molar-refractivity contribution in [3.05, 3.63) is 108 Å². The van der Waals surface area contributed by atoms with Crippen LogP contribution in [0.4, 0.5) is 11.6 Å². The summed E-state index contributed by atoms with van der Waals surface area (Å²) < 4.78 is 0. The Bertz CT molecular complexity index is 2250. The number of ketones is 1. The van der Waals surface area contributed by atoms with Crippen LogP contribution in [-0.2, 0) is 4.84 Å². The lowest BCUT2D eigenvalue weighted by molar-refractivity contribution is 0.104. The molecule has 2 N–H and O–H groups in total. The molecule has 48 heavy (non-hydrogen) atoms. The second-order valence-electron chi connectivity index (χ2n) is 12.1. The van der Waals surface area contributed by atoms with Gasteiger partial charge in [0.15, 0.2) is 5.78 Å². The first kappa shape index (κ1) is 29.6. The smallest absolute Gasteiger partial charge is 0.199 e. The number of nitrogens with zero attached hydrogens (tertiary/aromatic N) is 6. The van der Waals surface area contributed by atoms with Crippen molar-refractivity contribution >= 4 is 44.9 Å². The Kier molecular flexibility index (Phi) is 7.70. The van der Waals surface area contributed by atoms with Gasteiger partial charge >= 0.3 is 0 Å². The maximum atomic E-state index is 13.4. The van der Waals surface area contributed by atoms with Crippen LogP contribution in [0.5, 0.6) is 0 Å². The van der Waals surface area contributed by atoms with Gasteiger partial charge in [-0.15, -0.1) is 0 Å². The summed E-state index contributed by atoms with van der Waals surface area (Å²) in [6.07, 6.45) is 8.88. The third kappa shape index (κ3) is 5.01. The van der Waals surface area contributed by atoms with E-state index in [1.807, 2.05) is 67.0 Å². The van der Waals surface area contributed by atoms with E-state index in [0.717, 1.165) is 99.2 Å².